The van der Waals surface area contributed by atoms with Gasteiger partial charge in [-0.05, 0) is 57.1 Å². The van der Waals surface area contributed by atoms with E-state index in [4.69, 9.17) is 25.9 Å². The second-order valence-corrected chi connectivity index (χ2v) is 16.3. The van der Waals surface area contributed by atoms with Crippen molar-refractivity contribution in [1.29, 1.82) is 0 Å². The van der Waals surface area contributed by atoms with Gasteiger partial charge >= 0.3 is 6.09 Å². The van der Waals surface area contributed by atoms with Crippen LogP contribution in [0.1, 0.15) is 65.0 Å². The van der Waals surface area contributed by atoms with E-state index < -0.39 is 26.1 Å². The fourth-order valence-corrected chi connectivity index (χ4v) is 4.21. The first-order valence-electron chi connectivity index (χ1n) is 11.5. The maximum Gasteiger partial charge on any atom is 0.407 e. The van der Waals surface area contributed by atoms with Crippen LogP contribution >= 0.6 is 11.6 Å². The van der Waals surface area contributed by atoms with E-state index in [9.17, 15) is 9.59 Å². The van der Waals surface area contributed by atoms with Crippen molar-refractivity contribution in [3.63, 3.8) is 0 Å². The lowest BCUT2D eigenvalue weighted by atomic mass is 10.1. The average Bonchev–Trinajstić information content (AvgIpc) is 3.11. The normalized spacial score (nSPS) is 13.5. The highest BCUT2D eigenvalue weighted by Crippen LogP contribution is 2.37. The number of carbonyl (C=O) groups excluding carboxylic acids is 2. The monoisotopic (exact) mass is 507 g/mol. The zero-order chi connectivity index (χ0) is 25.9. The molecule has 0 radical (unpaired) electrons. The van der Waals surface area contributed by atoms with E-state index in [2.05, 4.69) is 39.2 Å². The maximum atomic E-state index is 12.5. The van der Waals surface area contributed by atoms with Crippen molar-refractivity contribution in [3.8, 4) is 11.3 Å². The SMILES string of the molecule is CC(=O)c1cc(-c2cccc(Cl)c2)nn1C(CNC(=O)OC(C)(C)C)CO[Si](C)(C)C(C)(C)C. The van der Waals surface area contributed by atoms with Gasteiger partial charge in [-0.15, -0.1) is 0 Å². The molecule has 0 saturated heterocycles. The number of carbonyl (C=O) groups is 2. The van der Waals surface area contributed by atoms with Gasteiger partial charge in [-0.2, -0.15) is 5.10 Å². The number of alkyl carbamates (subject to hydrolysis) is 1. The topological polar surface area (TPSA) is 82.5 Å². The minimum Gasteiger partial charge on any atom is -0.444 e. The minimum atomic E-state index is -2.09. The first kappa shape index (κ1) is 28.1. The maximum absolute atomic E-state index is 12.5. The number of hydrogen-bond acceptors (Lipinski definition) is 5. The van der Waals surface area contributed by atoms with Crippen molar-refractivity contribution >= 4 is 31.8 Å². The number of aromatic nitrogens is 2. The fourth-order valence-electron chi connectivity index (χ4n) is 2.98. The van der Waals surface area contributed by atoms with Crippen LogP contribution in [0.25, 0.3) is 11.3 Å². The summed E-state index contributed by atoms with van der Waals surface area (Å²) in [5.74, 6) is -0.129. The van der Waals surface area contributed by atoms with E-state index in [1.165, 1.54) is 6.92 Å². The van der Waals surface area contributed by atoms with Crippen LogP contribution in [0.4, 0.5) is 4.79 Å². The fraction of sp³-hybridized carbons (Fsp3) is 0.560. The Kier molecular flexibility index (Phi) is 8.77. The van der Waals surface area contributed by atoms with Crippen molar-refractivity contribution in [3.05, 3.63) is 41.0 Å². The van der Waals surface area contributed by atoms with Crippen LogP contribution in [0, 0.1) is 0 Å². The van der Waals surface area contributed by atoms with Gasteiger partial charge in [0.1, 0.15) is 11.3 Å². The number of hydrogen-bond donors (Lipinski definition) is 1. The van der Waals surface area contributed by atoms with E-state index in [0.717, 1.165) is 5.56 Å². The van der Waals surface area contributed by atoms with Crippen molar-refractivity contribution in [2.75, 3.05) is 13.2 Å². The summed E-state index contributed by atoms with van der Waals surface area (Å²) in [6.45, 7) is 18.2. The lowest BCUT2D eigenvalue weighted by Gasteiger charge is -2.37. The summed E-state index contributed by atoms with van der Waals surface area (Å²) in [6, 6.07) is 8.66. The van der Waals surface area contributed by atoms with E-state index in [-0.39, 0.29) is 17.4 Å². The molecule has 1 unspecified atom stereocenters. The van der Waals surface area contributed by atoms with Crippen LogP contribution in [-0.2, 0) is 9.16 Å². The highest BCUT2D eigenvalue weighted by molar-refractivity contribution is 6.74. The van der Waals surface area contributed by atoms with Crippen molar-refractivity contribution in [1.82, 2.24) is 15.1 Å². The summed E-state index contributed by atoms with van der Waals surface area (Å²) >= 11 is 6.17. The van der Waals surface area contributed by atoms with Gasteiger partial charge in [0.05, 0.1) is 18.3 Å². The smallest absolute Gasteiger partial charge is 0.407 e. The van der Waals surface area contributed by atoms with Gasteiger partial charge in [0.2, 0.25) is 0 Å². The highest BCUT2D eigenvalue weighted by Gasteiger charge is 2.38. The van der Waals surface area contributed by atoms with E-state index in [1.54, 1.807) is 22.9 Å². The molecule has 1 aromatic heterocycles. The summed E-state index contributed by atoms with van der Waals surface area (Å²) in [5.41, 5.74) is 1.25. The molecule has 1 aromatic carbocycles. The number of ketones is 1. The molecule has 1 atom stereocenters. The Labute approximate surface area is 209 Å². The highest BCUT2D eigenvalue weighted by atomic mass is 35.5. The summed E-state index contributed by atoms with van der Waals surface area (Å²) in [4.78, 5) is 24.9. The van der Waals surface area contributed by atoms with Crippen LogP contribution in [-0.4, -0.2) is 48.7 Å². The molecule has 0 aliphatic heterocycles. The molecule has 1 amide bonds. The second-order valence-electron chi connectivity index (χ2n) is 11.0. The predicted molar refractivity (Wildman–Crippen MR) is 139 cm³/mol. The number of benzene rings is 1. The van der Waals surface area contributed by atoms with Gasteiger partial charge in [0, 0.05) is 24.1 Å². The Balaban J connectivity index is 2.41. The van der Waals surface area contributed by atoms with E-state index in [1.807, 2.05) is 32.9 Å². The summed E-state index contributed by atoms with van der Waals surface area (Å²) in [6.07, 6.45) is -0.531. The Hall–Kier alpha value is -2.16. The van der Waals surface area contributed by atoms with Gasteiger partial charge in [0.25, 0.3) is 0 Å². The number of rotatable bonds is 8. The molecule has 2 aromatic rings. The van der Waals surface area contributed by atoms with E-state index >= 15 is 0 Å². The summed E-state index contributed by atoms with van der Waals surface area (Å²) < 4.78 is 13.5. The number of ether oxygens (including phenoxy) is 1. The molecular weight excluding hydrogens is 470 g/mol. The third-order valence-corrected chi connectivity index (χ3v) is 10.6. The Bertz CT molecular complexity index is 1020. The number of nitrogens with one attached hydrogen (secondary N) is 1. The van der Waals surface area contributed by atoms with Gasteiger partial charge < -0.3 is 14.5 Å². The third-order valence-electron chi connectivity index (χ3n) is 5.89. The van der Waals surface area contributed by atoms with Crippen LogP contribution in [0.3, 0.4) is 0 Å². The third kappa shape index (κ3) is 7.68. The number of nitrogens with zero attached hydrogens (tertiary/aromatic N) is 2. The lowest BCUT2D eigenvalue weighted by molar-refractivity contribution is 0.0513. The first-order valence-corrected chi connectivity index (χ1v) is 14.8. The molecule has 0 bridgehead atoms. The molecule has 0 aliphatic rings. The first-order chi connectivity index (χ1) is 15.5. The zero-order valence-corrected chi connectivity index (χ0v) is 23.5. The lowest BCUT2D eigenvalue weighted by Crippen LogP contribution is -2.44. The molecule has 0 fully saturated rings. The van der Waals surface area contributed by atoms with Crippen LogP contribution in [0.15, 0.2) is 30.3 Å². The minimum absolute atomic E-state index is 0.00954. The molecule has 9 heteroatoms. The molecule has 7 nitrogen and oxygen atoms in total. The average molecular weight is 508 g/mol. The Morgan fingerprint density at radius 2 is 1.79 bits per heavy atom. The van der Waals surface area contributed by atoms with Crippen molar-refractivity contribution in [2.45, 2.75) is 78.2 Å². The molecule has 0 saturated carbocycles. The number of halogens is 1. The van der Waals surface area contributed by atoms with Crippen LogP contribution in [0.2, 0.25) is 23.2 Å². The zero-order valence-electron chi connectivity index (χ0n) is 21.8. The number of amides is 1. The van der Waals surface area contributed by atoms with Crippen LogP contribution in [0.5, 0.6) is 0 Å². The quantitative estimate of drug-likeness (QED) is 0.326. The predicted octanol–water partition coefficient (Wildman–Crippen LogP) is 6.49. The summed E-state index contributed by atoms with van der Waals surface area (Å²) in [7, 11) is -2.09. The largest absolute Gasteiger partial charge is 0.444 e. The molecule has 2 rings (SSSR count). The summed E-state index contributed by atoms with van der Waals surface area (Å²) in [5, 5.41) is 8.15. The molecule has 188 valence electrons. The van der Waals surface area contributed by atoms with Gasteiger partial charge in [-0.25, -0.2) is 4.79 Å². The van der Waals surface area contributed by atoms with Crippen LogP contribution < -0.4 is 5.32 Å². The van der Waals surface area contributed by atoms with Gasteiger partial charge in [0.15, 0.2) is 14.1 Å². The van der Waals surface area contributed by atoms with Gasteiger partial charge in [-0.3, -0.25) is 9.48 Å². The second kappa shape index (κ2) is 10.6. The Morgan fingerprint density at radius 1 is 1.15 bits per heavy atom. The molecule has 0 spiro atoms. The molecule has 34 heavy (non-hydrogen) atoms. The van der Waals surface area contributed by atoms with E-state index in [0.29, 0.717) is 23.0 Å². The Morgan fingerprint density at radius 3 is 2.32 bits per heavy atom. The molecule has 1 heterocycles. The van der Waals surface area contributed by atoms with Gasteiger partial charge in [-0.1, -0.05) is 44.5 Å². The van der Waals surface area contributed by atoms with Crippen molar-refractivity contribution < 1.29 is 18.8 Å². The molecular formula is C25H38ClN3O4Si. The van der Waals surface area contributed by atoms with Crippen molar-refractivity contribution in [2.24, 2.45) is 0 Å². The molecule has 1 N–H and O–H groups in total. The molecule has 0 aliphatic carbocycles. The standard InChI is InChI=1S/C25H38ClN3O4Si/c1-17(30)22-14-21(18-11-10-12-19(26)13-18)28-29(22)20(15-27-23(31)33-24(2,3)4)16-32-34(8,9)25(5,6)7/h10-14,20H,15-16H2,1-9H3,(H,27,31). The number of Topliss-reactive ketones (excluding diaryl/α,β-unsaturated/α-hetero) is 1.